The Kier molecular flexibility index (Phi) is 5.12. The van der Waals surface area contributed by atoms with E-state index in [0.717, 1.165) is 18.4 Å². The molecule has 1 aromatic rings. The molecule has 0 fully saturated rings. The Labute approximate surface area is 123 Å². The van der Waals surface area contributed by atoms with Crippen molar-refractivity contribution < 1.29 is 4.79 Å². The van der Waals surface area contributed by atoms with Crippen molar-refractivity contribution in [1.82, 2.24) is 15.3 Å². The molecule has 2 rings (SSSR count). The number of carbonyl (C=O) groups is 1. The lowest BCUT2D eigenvalue weighted by molar-refractivity contribution is -0.118. The van der Waals surface area contributed by atoms with Gasteiger partial charge in [-0.1, -0.05) is 29.8 Å². The van der Waals surface area contributed by atoms with E-state index in [0.29, 0.717) is 29.9 Å². The molecule has 1 aliphatic rings. The third-order valence-electron chi connectivity index (χ3n) is 2.75. The monoisotopic (exact) mass is 292 g/mol. The maximum atomic E-state index is 10.8. The molecular weight excluding hydrogens is 276 g/mol. The number of rotatable bonds is 5. The van der Waals surface area contributed by atoms with Crippen LogP contribution in [0.1, 0.15) is 25.6 Å². The molecule has 0 radical (unpaired) electrons. The van der Waals surface area contributed by atoms with Gasteiger partial charge < -0.3 is 10.6 Å². The Balaban J connectivity index is 2.03. The first-order valence-electron chi connectivity index (χ1n) is 6.55. The summed E-state index contributed by atoms with van der Waals surface area (Å²) < 4.78 is 0. The van der Waals surface area contributed by atoms with Crippen LogP contribution in [0.3, 0.4) is 0 Å². The van der Waals surface area contributed by atoms with Crippen molar-refractivity contribution in [3.8, 4) is 0 Å². The van der Waals surface area contributed by atoms with Crippen LogP contribution in [0.2, 0.25) is 5.15 Å². The van der Waals surface area contributed by atoms with Gasteiger partial charge in [0.15, 0.2) is 5.82 Å². The van der Waals surface area contributed by atoms with Crippen molar-refractivity contribution in [3.05, 3.63) is 35.3 Å². The first-order valence-corrected chi connectivity index (χ1v) is 6.93. The first-order chi connectivity index (χ1) is 9.65. The fourth-order valence-corrected chi connectivity index (χ4v) is 2.03. The van der Waals surface area contributed by atoms with Gasteiger partial charge in [-0.3, -0.25) is 4.79 Å². The average Bonchev–Trinajstić information content (AvgIpc) is 2.44. The van der Waals surface area contributed by atoms with Crippen LogP contribution >= 0.6 is 11.6 Å². The minimum absolute atomic E-state index is 0.0503. The highest BCUT2D eigenvalue weighted by Crippen LogP contribution is 2.21. The Morgan fingerprint density at radius 2 is 2.20 bits per heavy atom. The number of allylic oxidation sites excluding steroid dienone is 4. The molecule has 1 amide bonds. The standard InChI is InChI=1S/C14H17ClN4O/c1-10(20)16-7-8-17-13-9-12(15)18-14(19-13)11-5-3-2-4-6-11/h3,5-6,9H,2,4,7-8H2,1H3,(H,16,20)(H,17,18,19). The summed E-state index contributed by atoms with van der Waals surface area (Å²) in [6, 6.07) is 1.67. The minimum Gasteiger partial charge on any atom is -0.368 e. The molecule has 106 valence electrons. The molecule has 5 nitrogen and oxygen atoms in total. The normalized spacial score (nSPS) is 13.8. The summed E-state index contributed by atoms with van der Waals surface area (Å²) in [6.07, 6.45) is 8.26. The summed E-state index contributed by atoms with van der Waals surface area (Å²) in [5.74, 6) is 1.23. The molecule has 0 saturated carbocycles. The van der Waals surface area contributed by atoms with Crippen molar-refractivity contribution in [2.24, 2.45) is 0 Å². The van der Waals surface area contributed by atoms with Crippen LogP contribution in [0.25, 0.3) is 5.57 Å². The number of amides is 1. The van der Waals surface area contributed by atoms with Gasteiger partial charge in [-0.05, 0) is 12.8 Å². The van der Waals surface area contributed by atoms with Crippen molar-refractivity contribution in [3.63, 3.8) is 0 Å². The summed E-state index contributed by atoms with van der Waals surface area (Å²) in [5, 5.41) is 6.23. The number of hydrogen-bond donors (Lipinski definition) is 2. The molecule has 0 bridgehead atoms. The Morgan fingerprint density at radius 1 is 1.35 bits per heavy atom. The number of nitrogens with zero attached hydrogens (tertiary/aromatic N) is 2. The van der Waals surface area contributed by atoms with Crippen LogP contribution in [-0.4, -0.2) is 29.0 Å². The van der Waals surface area contributed by atoms with Crippen LogP contribution in [0.15, 0.2) is 24.3 Å². The lowest BCUT2D eigenvalue weighted by Gasteiger charge is -2.10. The number of anilines is 1. The van der Waals surface area contributed by atoms with Crippen molar-refractivity contribution in [2.75, 3.05) is 18.4 Å². The maximum Gasteiger partial charge on any atom is 0.216 e. The highest BCUT2D eigenvalue weighted by molar-refractivity contribution is 6.29. The fourth-order valence-electron chi connectivity index (χ4n) is 1.85. The second kappa shape index (κ2) is 7.05. The molecule has 0 saturated heterocycles. The van der Waals surface area contributed by atoms with Gasteiger partial charge in [-0.15, -0.1) is 0 Å². The SMILES string of the molecule is CC(=O)NCCNc1cc(Cl)nc(C2=CCCC=C2)n1. The Morgan fingerprint density at radius 3 is 2.90 bits per heavy atom. The van der Waals surface area contributed by atoms with E-state index in [2.05, 4.69) is 32.8 Å². The summed E-state index contributed by atoms with van der Waals surface area (Å²) in [5.41, 5.74) is 0.990. The molecule has 0 unspecified atom stereocenters. The second-order valence-corrected chi connectivity index (χ2v) is 4.84. The Hall–Kier alpha value is -1.88. The lowest BCUT2D eigenvalue weighted by Crippen LogP contribution is -2.26. The third kappa shape index (κ3) is 4.35. The number of nitrogens with one attached hydrogen (secondary N) is 2. The van der Waals surface area contributed by atoms with Crippen molar-refractivity contribution in [2.45, 2.75) is 19.8 Å². The van der Waals surface area contributed by atoms with E-state index < -0.39 is 0 Å². The van der Waals surface area contributed by atoms with Gasteiger partial charge in [0.2, 0.25) is 5.91 Å². The zero-order valence-electron chi connectivity index (χ0n) is 11.3. The zero-order valence-corrected chi connectivity index (χ0v) is 12.1. The summed E-state index contributed by atoms with van der Waals surface area (Å²) >= 11 is 6.02. The van der Waals surface area contributed by atoms with Gasteiger partial charge in [0.05, 0.1) is 0 Å². The number of carbonyl (C=O) groups excluding carboxylic acids is 1. The van der Waals surface area contributed by atoms with Crippen LogP contribution in [-0.2, 0) is 4.79 Å². The zero-order chi connectivity index (χ0) is 14.4. The van der Waals surface area contributed by atoms with E-state index in [1.807, 2.05) is 6.08 Å². The number of aromatic nitrogens is 2. The molecule has 0 aliphatic heterocycles. The topological polar surface area (TPSA) is 66.9 Å². The smallest absolute Gasteiger partial charge is 0.216 e. The average molecular weight is 293 g/mol. The maximum absolute atomic E-state index is 10.8. The van der Waals surface area contributed by atoms with E-state index in [9.17, 15) is 4.79 Å². The molecule has 1 aromatic heterocycles. The number of hydrogen-bond acceptors (Lipinski definition) is 4. The van der Waals surface area contributed by atoms with Crippen LogP contribution in [0.4, 0.5) is 5.82 Å². The van der Waals surface area contributed by atoms with Gasteiger partial charge in [0, 0.05) is 31.7 Å². The minimum atomic E-state index is -0.0503. The van der Waals surface area contributed by atoms with E-state index in [1.54, 1.807) is 6.07 Å². The van der Waals surface area contributed by atoms with E-state index in [1.165, 1.54) is 6.92 Å². The summed E-state index contributed by atoms with van der Waals surface area (Å²) in [4.78, 5) is 19.4. The fraction of sp³-hybridized carbons (Fsp3) is 0.357. The highest BCUT2D eigenvalue weighted by atomic mass is 35.5. The van der Waals surface area contributed by atoms with E-state index in [4.69, 9.17) is 11.6 Å². The molecule has 0 spiro atoms. The van der Waals surface area contributed by atoms with Gasteiger partial charge in [0.1, 0.15) is 11.0 Å². The largest absolute Gasteiger partial charge is 0.368 e. The molecule has 2 N–H and O–H groups in total. The van der Waals surface area contributed by atoms with Gasteiger partial charge in [0.25, 0.3) is 0 Å². The molecule has 0 atom stereocenters. The van der Waals surface area contributed by atoms with Crippen LogP contribution in [0, 0.1) is 0 Å². The third-order valence-corrected chi connectivity index (χ3v) is 2.95. The van der Waals surface area contributed by atoms with Gasteiger partial charge >= 0.3 is 0 Å². The highest BCUT2D eigenvalue weighted by Gasteiger charge is 2.08. The number of halogens is 1. The van der Waals surface area contributed by atoms with Crippen molar-refractivity contribution in [1.29, 1.82) is 0 Å². The summed E-state index contributed by atoms with van der Waals surface area (Å²) in [7, 11) is 0. The van der Waals surface area contributed by atoms with Gasteiger partial charge in [-0.25, -0.2) is 9.97 Å². The van der Waals surface area contributed by atoms with Crippen molar-refractivity contribution >= 4 is 28.9 Å². The van der Waals surface area contributed by atoms with Gasteiger partial charge in [-0.2, -0.15) is 0 Å². The van der Waals surface area contributed by atoms with E-state index in [-0.39, 0.29) is 5.91 Å². The molecule has 1 heterocycles. The Bertz CT molecular complexity index is 554. The van der Waals surface area contributed by atoms with Crippen LogP contribution in [0.5, 0.6) is 0 Å². The quantitative estimate of drug-likeness (QED) is 0.646. The molecular formula is C14H17ClN4O. The lowest BCUT2D eigenvalue weighted by atomic mass is 10.1. The van der Waals surface area contributed by atoms with E-state index >= 15 is 0 Å². The second-order valence-electron chi connectivity index (χ2n) is 4.45. The predicted molar refractivity (Wildman–Crippen MR) is 80.6 cm³/mol. The molecule has 6 heteroatoms. The molecule has 0 aromatic carbocycles. The molecule has 1 aliphatic carbocycles. The predicted octanol–water partition coefficient (Wildman–Crippen LogP) is 2.41. The molecule has 20 heavy (non-hydrogen) atoms. The first kappa shape index (κ1) is 14.5. The van der Waals surface area contributed by atoms with Crippen LogP contribution < -0.4 is 10.6 Å². The summed E-state index contributed by atoms with van der Waals surface area (Å²) in [6.45, 7) is 2.61.